The lowest BCUT2D eigenvalue weighted by atomic mass is 10.2. The molecule has 0 spiro atoms. The molecule has 0 atom stereocenters. The van der Waals surface area contributed by atoms with Crippen LogP contribution in [0.25, 0.3) is 0 Å². The Hall–Kier alpha value is -1.54. The fourth-order valence-electron chi connectivity index (χ4n) is 1.57. The number of nitrogens with two attached hydrogens (primary N) is 1. The lowest BCUT2D eigenvalue weighted by Gasteiger charge is -2.10. The molecule has 19 heavy (non-hydrogen) atoms. The molecule has 0 bridgehead atoms. The number of sulfonamides is 1. The number of hydrogen-bond donors (Lipinski definition) is 2. The summed E-state index contributed by atoms with van der Waals surface area (Å²) in [6.07, 6.45) is 0. The first-order valence-corrected chi connectivity index (χ1v) is 7.59. The SMILES string of the molecule is Cc1cc(NS(=O)(=O)c2cc(N)c(Br)cc2C)no1. The van der Waals surface area contributed by atoms with Crippen molar-refractivity contribution in [3.05, 3.63) is 34.0 Å². The highest BCUT2D eigenvalue weighted by atomic mass is 79.9. The van der Waals surface area contributed by atoms with E-state index in [1.165, 1.54) is 12.1 Å². The highest BCUT2D eigenvalue weighted by Gasteiger charge is 2.19. The zero-order chi connectivity index (χ0) is 14.2. The lowest BCUT2D eigenvalue weighted by Crippen LogP contribution is -2.15. The molecule has 0 saturated heterocycles. The summed E-state index contributed by atoms with van der Waals surface area (Å²) in [4.78, 5) is 0.105. The second-order valence-electron chi connectivity index (χ2n) is 4.07. The van der Waals surface area contributed by atoms with Crippen LogP contribution < -0.4 is 10.5 Å². The Balaban J connectivity index is 2.42. The van der Waals surface area contributed by atoms with Crippen molar-refractivity contribution in [1.82, 2.24) is 5.16 Å². The Kier molecular flexibility index (Phi) is 3.55. The van der Waals surface area contributed by atoms with E-state index in [0.717, 1.165) is 0 Å². The quantitative estimate of drug-likeness (QED) is 0.832. The first kappa shape index (κ1) is 13.9. The van der Waals surface area contributed by atoms with Crippen LogP contribution in [0.5, 0.6) is 0 Å². The predicted molar refractivity (Wildman–Crippen MR) is 75.3 cm³/mol. The second kappa shape index (κ2) is 4.86. The van der Waals surface area contributed by atoms with Crippen molar-refractivity contribution in [2.24, 2.45) is 0 Å². The van der Waals surface area contributed by atoms with E-state index in [2.05, 4.69) is 25.8 Å². The van der Waals surface area contributed by atoms with E-state index in [0.29, 0.717) is 21.5 Å². The third kappa shape index (κ3) is 2.90. The highest BCUT2D eigenvalue weighted by Crippen LogP contribution is 2.27. The number of nitrogens with one attached hydrogen (secondary N) is 1. The Morgan fingerprint density at radius 2 is 2.00 bits per heavy atom. The maximum absolute atomic E-state index is 12.2. The molecule has 0 aliphatic rings. The topological polar surface area (TPSA) is 98.2 Å². The number of hydrogen-bond acceptors (Lipinski definition) is 5. The van der Waals surface area contributed by atoms with Gasteiger partial charge in [-0.2, -0.15) is 0 Å². The molecule has 8 heteroatoms. The van der Waals surface area contributed by atoms with Gasteiger partial charge in [-0.15, -0.1) is 0 Å². The van der Waals surface area contributed by atoms with Crippen LogP contribution in [0, 0.1) is 13.8 Å². The Morgan fingerprint density at radius 1 is 1.32 bits per heavy atom. The van der Waals surface area contributed by atoms with Gasteiger partial charge in [0.15, 0.2) is 5.82 Å². The van der Waals surface area contributed by atoms with Crippen LogP contribution in [0.15, 0.2) is 32.1 Å². The number of anilines is 2. The van der Waals surface area contributed by atoms with Crippen LogP contribution in [0.1, 0.15) is 11.3 Å². The van der Waals surface area contributed by atoms with Gasteiger partial charge < -0.3 is 10.3 Å². The van der Waals surface area contributed by atoms with Crippen LogP contribution in [-0.4, -0.2) is 13.6 Å². The van der Waals surface area contributed by atoms with Crippen LogP contribution in [0.3, 0.4) is 0 Å². The summed E-state index contributed by atoms with van der Waals surface area (Å²) < 4.78 is 32.3. The molecule has 1 aromatic heterocycles. The van der Waals surface area contributed by atoms with Crippen LogP contribution in [0.4, 0.5) is 11.5 Å². The van der Waals surface area contributed by atoms with Crippen LogP contribution >= 0.6 is 15.9 Å². The molecule has 1 heterocycles. The van der Waals surface area contributed by atoms with Gasteiger partial charge in [-0.25, -0.2) is 8.42 Å². The van der Waals surface area contributed by atoms with Gasteiger partial charge in [0.2, 0.25) is 0 Å². The van der Waals surface area contributed by atoms with E-state index in [1.54, 1.807) is 19.9 Å². The van der Waals surface area contributed by atoms with Gasteiger partial charge >= 0.3 is 0 Å². The maximum atomic E-state index is 12.2. The van der Waals surface area contributed by atoms with Crippen molar-refractivity contribution in [1.29, 1.82) is 0 Å². The van der Waals surface area contributed by atoms with E-state index in [-0.39, 0.29) is 10.7 Å². The van der Waals surface area contributed by atoms with E-state index >= 15 is 0 Å². The normalized spacial score (nSPS) is 11.5. The van der Waals surface area contributed by atoms with Crippen molar-refractivity contribution in [2.75, 3.05) is 10.5 Å². The van der Waals surface area contributed by atoms with Crippen molar-refractivity contribution in [2.45, 2.75) is 18.7 Å². The van der Waals surface area contributed by atoms with Gasteiger partial charge in [0, 0.05) is 16.2 Å². The van der Waals surface area contributed by atoms with Crippen molar-refractivity contribution in [3.63, 3.8) is 0 Å². The highest BCUT2D eigenvalue weighted by molar-refractivity contribution is 9.10. The molecule has 2 aromatic rings. The molecule has 1 aromatic carbocycles. The second-order valence-corrected chi connectivity index (χ2v) is 6.57. The minimum absolute atomic E-state index is 0.105. The van der Waals surface area contributed by atoms with E-state index in [1.807, 2.05) is 0 Å². The van der Waals surface area contributed by atoms with Crippen molar-refractivity contribution < 1.29 is 12.9 Å². The van der Waals surface area contributed by atoms with E-state index in [4.69, 9.17) is 10.3 Å². The minimum atomic E-state index is -3.74. The molecule has 3 N–H and O–H groups in total. The van der Waals surface area contributed by atoms with Crippen LogP contribution in [-0.2, 0) is 10.0 Å². The lowest BCUT2D eigenvalue weighted by molar-refractivity contribution is 0.400. The number of nitrogens with zero attached hydrogens (tertiary/aromatic N) is 1. The largest absolute Gasteiger partial charge is 0.398 e. The molecular weight excluding hydrogens is 334 g/mol. The maximum Gasteiger partial charge on any atom is 0.263 e. The number of nitrogen functional groups attached to an aromatic ring is 1. The summed E-state index contributed by atoms with van der Waals surface area (Å²) in [6, 6.07) is 4.54. The Bertz CT molecular complexity index is 725. The fraction of sp³-hybridized carbons (Fsp3) is 0.182. The standard InChI is InChI=1S/C11H12BrN3O3S/c1-6-3-8(12)9(13)5-10(6)19(16,17)15-11-4-7(2)18-14-11/h3-5H,13H2,1-2H3,(H,14,15). The first-order chi connectivity index (χ1) is 8.79. The van der Waals surface area contributed by atoms with Gasteiger partial charge in [0.1, 0.15) is 5.76 Å². The number of aryl methyl sites for hydroxylation is 2. The average molecular weight is 346 g/mol. The summed E-state index contributed by atoms with van der Waals surface area (Å²) in [5.74, 6) is 0.656. The molecule has 0 fully saturated rings. The first-order valence-electron chi connectivity index (χ1n) is 5.31. The summed E-state index contributed by atoms with van der Waals surface area (Å²) in [7, 11) is -3.74. The average Bonchev–Trinajstić information content (AvgIpc) is 2.68. The smallest absolute Gasteiger partial charge is 0.263 e. The zero-order valence-corrected chi connectivity index (χ0v) is 12.7. The molecule has 6 nitrogen and oxygen atoms in total. The van der Waals surface area contributed by atoms with Gasteiger partial charge in [-0.3, -0.25) is 4.72 Å². The summed E-state index contributed by atoms with van der Waals surface area (Å²) in [5.41, 5.74) is 6.64. The van der Waals surface area contributed by atoms with Gasteiger partial charge in [0.05, 0.1) is 4.90 Å². The zero-order valence-electron chi connectivity index (χ0n) is 10.3. The third-order valence-corrected chi connectivity index (χ3v) is 4.63. The molecule has 2 rings (SSSR count). The number of benzene rings is 1. The Morgan fingerprint density at radius 3 is 2.58 bits per heavy atom. The van der Waals surface area contributed by atoms with Crippen LogP contribution in [0.2, 0.25) is 0 Å². The third-order valence-electron chi connectivity index (χ3n) is 2.45. The van der Waals surface area contributed by atoms with Gasteiger partial charge in [-0.1, -0.05) is 5.16 Å². The summed E-state index contributed by atoms with van der Waals surface area (Å²) in [6.45, 7) is 3.36. The number of rotatable bonds is 3. The van der Waals surface area contributed by atoms with Crippen molar-refractivity contribution >= 4 is 37.5 Å². The predicted octanol–water partition coefficient (Wildman–Crippen LogP) is 2.44. The van der Waals surface area contributed by atoms with Gasteiger partial charge in [0.25, 0.3) is 10.0 Å². The molecule has 0 radical (unpaired) electrons. The molecule has 102 valence electrons. The van der Waals surface area contributed by atoms with Crippen molar-refractivity contribution in [3.8, 4) is 0 Å². The Labute approximate surface area is 119 Å². The van der Waals surface area contributed by atoms with Gasteiger partial charge in [-0.05, 0) is 47.5 Å². The number of halogens is 1. The molecule has 0 amide bonds. The molecular formula is C11H12BrN3O3S. The minimum Gasteiger partial charge on any atom is -0.398 e. The van der Waals surface area contributed by atoms with E-state index < -0.39 is 10.0 Å². The molecule has 0 aliphatic heterocycles. The molecule has 0 unspecified atom stereocenters. The summed E-state index contributed by atoms with van der Waals surface area (Å²) >= 11 is 3.25. The van der Waals surface area contributed by atoms with E-state index in [9.17, 15) is 8.42 Å². The number of aromatic nitrogens is 1. The molecule has 0 saturated carbocycles. The molecule has 0 aliphatic carbocycles. The summed E-state index contributed by atoms with van der Waals surface area (Å²) in [5, 5.41) is 3.59. The monoisotopic (exact) mass is 345 g/mol. The fourth-order valence-corrected chi connectivity index (χ4v) is 3.27.